The smallest absolute Gasteiger partial charge is 0.255 e. The Morgan fingerprint density at radius 3 is 2.58 bits per heavy atom. The van der Waals surface area contributed by atoms with Crippen LogP contribution in [-0.2, 0) is 9.53 Å². The van der Waals surface area contributed by atoms with Crippen molar-refractivity contribution in [3.8, 4) is 0 Å². The molecule has 0 aromatic rings. The van der Waals surface area contributed by atoms with Gasteiger partial charge in [-0.3, -0.25) is 9.80 Å². The Bertz CT molecular complexity index is 191. The van der Waals surface area contributed by atoms with E-state index in [1.807, 2.05) is 5.01 Å². The number of nitrogens with zero attached hydrogens (tertiary/aromatic N) is 2. The summed E-state index contributed by atoms with van der Waals surface area (Å²) in [6.45, 7) is 3.69. The fraction of sp³-hybridized carbons (Fsp3) is 0.857. The molecule has 2 N–H and O–H groups in total. The SMILES string of the molecule is NC1CN(N2CCOCC2)C1=O. The molecule has 5 nitrogen and oxygen atoms in total. The minimum absolute atomic E-state index is 0.0388. The minimum atomic E-state index is -0.271. The van der Waals surface area contributed by atoms with Crippen molar-refractivity contribution in [2.45, 2.75) is 6.04 Å². The lowest BCUT2D eigenvalue weighted by Gasteiger charge is -2.45. The Kier molecular flexibility index (Phi) is 2.00. The van der Waals surface area contributed by atoms with Crippen molar-refractivity contribution >= 4 is 5.91 Å². The van der Waals surface area contributed by atoms with Gasteiger partial charge >= 0.3 is 0 Å². The van der Waals surface area contributed by atoms with Gasteiger partial charge in [0.15, 0.2) is 0 Å². The highest BCUT2D eigenvalue weighted by Crippen LogP contribution is 2.13. The third-order valence-corrected chi connectivity index (χ3v) is 2.27. The van der Waals surface area contributed by atoms with Crippen molar-refractivity contribution in [2.24, 2.45) is 5.73 Å². The average molecular weight is 171 g/mol. The van der Waals surface area contributed by atoms with Crippen LogP contribution in [0.1, 0.15) is 0 Å². The molecule has 2 rings (SSSR count). The van der Waals surface area contributed by atoms with Crippen LogP contribution in [0.25, 0.3) is 0 Å². The largest absolute Gasteiger partial charge is 0.379 e. The summed E-state index contributed by atoms with van der Waals surface area (Å²) in [4.78, 5) is 11.2. The van der Waals surface area contributed by atoms with Crippen LogP contribution in [0.5, 0.6) is 0 Å². The zero-order chi connectivity index (χ0) is 8.55. The Hall–Kier alpha value is -0.650. The molecule has 2 fully saturated rings. The van der Waals surface area contributed by atoms with Crippen LogP contribution in [0.4, 0.5) is 0 Å². The number of hydrogen-bond acceptors (Lipinski definition) is 4. The van der Waals surface area contributed by atoms with E-state index < -0.39 is 0 Å². The quantitative estimate of drug-likeness (QED) is 0.483. The van der Waals surface area contributed by atoms with E-state index in [0.717, 1.165) is 13.1 Å². The van der Waals surface area contributed by atoms with Crippen LogP contribution in [0.2, 0.25) is 0 Å². The lowest BCUT2D eigenvalue weighted by atomic mass is 10.1. The van der Waals surface area contributed by atoms with Crippen molar-refractivity contribution in [3.05, 3.63) is 0 Å². The molecule has 0 aromatic carbocycles. The summed E-state index contributed by atoms with van der Waals surface area (Å²) in [6.07, 6.45) is 0. The van der Waals surface area contributed by atoms with E-state index in [2.05, 4.69) is 0 Å². The summed E-state index contributed by atoms with van der Waals surface area (Å²) < 4.78 is 5.17. The molecule has 2 saturated heterocycles. The van der Waals surface area contributed by atoms with Crippen LogP contribution in [0.3, 0.4) is 0 Å². The van der Waals surface area contributed by atoms with E-state index in [-0.39, 0.29) is 11.9 Å². The van der Waals surface area contributed by atoms with E-state index in [4.69, 9.17) is 10.5 Å². The fourth-order valence-corrected chi connectivity index (χ4v) is 1.48. The maximum atomic E-state index is 11.2. The molecule has 1 atom stereocenters. The van der Waals surface area contributed by atoms with Crippen molar-refractivity contribution in [1.29, 1.82) is 0 Å². The molecule has 2 heterocycles. The van der Waals surface area contributed by atoms with Gasteiger partial charge in [0.2, 0.25) is 0 Å². The number of carbonyl (C=O) groups excluding carboxylic acids is 1. The Balaban J connectivity index is 1.88. The minimum Gasteiger partial charge on any atom is -0.379 e. The van der Waals surface area contributed by atoms with Gasteiger partial charge in [-0.2, -0.15) is 0 Å². The number of ether oxygens (including phenoxy) is 1. The lowest BCUT2D eigenvalue weighted by molar-refractivity contribution is -0.176. The van der Waals surface area contributed by atoms with E-state index in [0.29, 0.717) is 19.8 Å². The summed E-state index contributed by atoms with van der Waals surface area (Å²) in [5, 5.41) is 3.72. The van der Waals surface area contributed by atoms with Crippen LogP contribution in [-0.4, -0.2) is 54.8 Å². The van der Waals surface area contributed by atoms with Gasteiger partial charge in [0.1, 0.15) is 6.04 Å². The number of β-lactam (4-membered cyclic amide) rings is 1. The van der Waals surface area contributed by atoms with Crippen molar-refractivity contribution in [3.63, 3.8) is 0 Å². The third kappa shape index (κ3) is 1.20. The standard InChI is InChI=1S/C7H13N3O2/c8-6-5-10(7(6)11)9-1-3-12-4-2-9/h6H,1-5,8H2. The van der Waals surface area contributed by atoms with Crippen LogP contribution in [0, 0.1) is 0 Å². The topological polar surface area (TPSA) is 58.8 Å². The molecule has 0 aromatic heterocycles. The Labute approximate surface area is 71.0 Å². The van der Waals surface area contributed by atoms with E-state index in [9.17, 15) is 4.79 Å². The van der Waals surface area contributed by atoms with Gasteiger partial charge in [-0.05, 0) is 0 Å². The molecule has 0 spiro atoms. The second-order valence-electron chi connectivity index (χ2n) is 3.09. The number of nitrogens with two attached hydrogens (primary N) is 1. The zero-order valence-corrected chi connectivity index (χ0v) is 6.90. The van der Waals surface area contributed by atoms with Gasteiger partial charge in [-0.15, -0.1) is 0 Å². The normalized spacial score (nSPS) is 31.9. The molecule has 5 heteroatoms. The van der Waals surface area contributed by atoms with Crippen LogP contribution < -0.4 is 5.73 Å². The zero-order valence-electron chi connectivity index (χ0n) is 6.90. The predicted molar refractivity (Wildman–Crippen MR) is 42.1 cm³/mol. The average Bonchev–Trinajstić information content (AvgIpc) is 2.15. The molecule has 0 saturated carbocycles. The van der Waals surface area contributed by atoms with Crippen molar-refractivity contribution in [2.75, 3.05) is 32.8 Å². The molecule has 12 heavy (non-hydrogen) atoms. The molecule has 0 aliphatic carbocycles. The molecule has 0 bridgehead atoms. The van der Waals surface area contributed by atoms with Gasteiger partial charge in [-0.25, -0.2) is 5.01 Å². The summed E-state index contributed by atoms with van der Waals surface area (Å²) in [5.74, 6) is 0.0388. The highest BCUT2D eigenvalue weighted by molar-refractivity contribution is 5.87. The highest BCUT2D eigenvalue weighted by Gasteiger charge is 2.37. The molecule has 2 aliphatic rings. The number of hydrogen-bond donors (Lipinski definition) is 1. The second-order valence-corrected chi connectivity index (χ2v) is 3.09. The van der Waals surface area contributed by atoms with Gasteiger partial charge in [0.05, 0.1) is 19.8 Å². The first kappa shape index (κ1) is 7.97. The molecule has 1 amide bonds. The maximum absolute atomic E-state index is 11.2. The van der Waals surface area contributed by atoms with Crippen LogP contribution in [0.15, 0.2) is 0 Å². The number of morpholine rings is 1. The molecule has 0 radical (unpaired) electrons. The molecular formula is C7H13N3O2. The maximum Gasteiger partial charge on any atom is 0.255 e. The van der Waals surface area contributed by atoms with Gasteiger partial charge in [-0.1, -0.05) is 0 Å². The number of carbonyl (C=O) groups is 1. The number of hydrazine groups is 1. The Morgan fingerprint density at radius 1 is 1.42 bits per heavy atom. The van der Waals surface area contributed by atoms with Gasteiger partial charge in [0.25, 0.3) is 5.91 Å². The molecule has 1 unspecified atom stereocenters. The van der Waals surface area contributed by atoms with Crippen molar-refractivity contribution in [1.82, 2.24) is 10.0 Å². The molecular weight excluding hydrogens is 158 g/mol. The monoisotopic (exact) mass is 171 g/mol. The van der Waals surface area contributed by atoms with Crippen LogP contribution >= 0.6 is 0 Å². The van der Waals surface area contributed by atoms with Crippen molar-refractivity contribution < 1.29 is 9.53 Å². The molecule has 2 aliphatic heterocycles. The predicted octanol–water partition coefficient (Wildman–Crippen LogP) is -1.60. The lowest BCUT2D eigenvalue weighted by Crippen LogP contribution is -2.68. The fourth-order valence-electron chi connectivity index (χ4n) is 1.48. The first-order valence-electron chi connectivity index (χ1n) is 4.18. The number of rotatable bonds is 1. The summed E-state index contributed by atoms with van der Waals surface area (Å²) in [5.41, 5.74) is 5.47. The third-order valence-electron chi connectivity index (χ3n) is 2.27. The second kappa shape index (κ2) is 3.01. The summed E-state index contributed by atoms with van der Waals surface area (Å²) >= 11 is 0. The summed E-state index contributed by atoms with van der Waals surface area (Å²) in [6, 6.07) is -0.271. The van der Waals surface area contributed by atoms with Gasteiger partial charge in [0, 0.05) is 13.1 Å². The van der Waals surface area contributed by atoms with E-state index in [1.54, 1.807) is 5.01 Å². The first-order chi connectivity index (χ1) is 5.79. The first-order valence-corrected chi connectivity index (χ1v) is 4.18. The Morgan fingerprint density at radius 2 is 2.08 bits per heavy atom. The highest BCUT2D eigenvalue weighted by atomic mass is 16.5. The molecule has 68 valence electrons. The summed E-state index contributed by atoms with van der Waals surface area (Å²) in [7, 11) is 0. The number of amides is 1. The van der Waals surface area contributed by atoms with E-state index in [1.165, 1.54) is 0 Å². The van der Waals surface area contributed by atoms with Gasteiger partial charge < -0.3 is 10.5 Å². The van der Waals surface area contributed by atoms with E-state index >= 15 is 0 Å².